The Labute approximate surface area is 164 Å². The number of ketones is 1. The zero-order chi connectivity index (χ0) is 20.5. The third-order valence-corrected chi connectivity index (χ3v) is 4.57. The highest BCUT2D eigenvalue weighted by molar-refractivity contribution is 6.35. The molecule has 0 aliphatic carbocycles. The molecule has 0 bridgehead atoms. The molecule has 0 fully saturated rings. The van der Waals surface area contributed by atoms with Gasteiger partial charge in [-0.25, -0.2) is 0 Å². The highest BCUT2D eigenvalue weighted by atomic mass is 35.5. The fourth-order valence-electron chi connectivity index (χ4n) is 2.76. The molecule has 0 atom stereocenters. The Hall–Kier alpha value is -2.99. The lowest BCUT2D eigenvalue weighted by Crippen LogP contribution is -2.07. The molecule has 0 aliphatic heterocycles. The molecule has 0 heterocycles. The van der Waals surface area contributed by atoms with Gasteiger partial charge in [-0.2, -0.15) is 13.2 Å². The van der Waals surface area contributed by atoms with E-state index in [4.69, 9.17) is 17.3 Å². The molecular weight excluding hydrogens is 389 g/mol. The topological polar surface area (TPSA) is 55.1 Å². The molecule has 0 unspecified atom stereocenters. The summed E-state index contributed by atoms with van der Waals surface area (Å²) in [7, 11) is 0. The van der Waals surface area contributed by atoms with E-state index in [-0.39, 0.29) is 16.5 Å². The minimum Gasteiger partial charge on any atom is -0.397 e. The normalized spacial score (nSPS) is 11.3. The van der Waals surface area contributed by atoms with Crippen LogP contribution in [0.3, 0.4) is 0 Å². The van der Waals surface area contributed by atoms with Crippen molar-refractivity contribution >= 4 is 34.4 Å². The molecular formula is C21H16ClF3N2O. The Morgan fingerprint density at radius 1 is 1.00 bits per heavy atom. The molecule has 3 aromatic rings. The van der Waals surface area contributed by atoms with E-state index in [9.17, 15) is 18.0 Å². The molecule has 0 aromatic heterocycles. The summed E-state index contributed by atoms with van der Waals surface area (Å²) < 4.78 is 38.2. The number of halogens is 4. The molecule has 0 radical (unpaired) electrons. The molecule has 3 nitrogen and oxygen atoms in total. The first-order valence-corrected chi connectivity index (χ1v) is 8.68. The van der Waals surface area contributed by atoms with Gasteiger partial charge in [-0.15, -0.1) is 0 Å². The Bertz CT molecular complexity index is 1050. The Kier molecular flexibility index (Phi) is 5.34. The zero-order valence-electron chi connectivity index (χ0n) is 14.8. The van der Waals surface area contributed by atoms with E-state index in [1.807, 2.05) is 19.1 Å². The maximum Gasteiger partial charge on any atom is 0.416 e. The van der Waals surface area contributed by atoms with Gasteiger partial charge in [0.05, 0.1) is 22.0 Å². The van der Waals surface area contributed by atoms with Crippen LogP contribution in [-0.4, -0.2) is 5.78 Å². The van der Waals surface area contributed by atoms with Crippen molar-refractivity contribution in [2.45, 2.75) is 13.1 Å². The van der Waals surface area contributed by atoms with E-state index in [0.29, 0.717) is 22.5 Å². The number of hydrogen-bond donors (Lipinski definition) is 2. The summed E-state index contributed by atoms with van der Waals surface area (Å²) in [6, 6.07) is 15.0. The van der Waals surface area contributed by atoms with Gasteiger partial charge < -0.3 is 11.1 Å². The highest BCUT2D eigenvalue weighted by Gasteiger charge is 2.30. The molecule has 28 heavy (non-hydrogen) atoms. The van der Waals surface area contributed by atoms with Crippen LogP contribution in [0.4, 0.5) is 30.2 Å². The summed E-state index contributed by atoms with van der Waals surface area (Å²) >= 11 is 6.28. The van der Waals surface area contributed by atoms with Crippen LogP contribution in [0.25, 0.3) is 0 Å². The first kappa shape index (κ1) is 19.8. The van der Waals surface area contributed by atoms with E-state index in [0.717, 1.165) is 17.7 Å². The molecule has 0 saturated carbocycles. The predicted octanol–water partition coefficient (Wildman–Crippen LogP) is 6.22. The van der Waals surface area contributed by atoms with E-state index in [1.54, 1.807) is 24.3 Å². The summed E-state index contributed by atoms with van der Waals surface area (Å²) in [5.74, 6) is -0.205. The predicted molar refractivity (Wildman–Crippen MR) is 105 cm³/mol. The van der Waals surface area contributed by atoms with Gasteiger partial charge in [0.15, 0.2) is 5.78 Å². The summed E-state index contributed by atoms with van der Waals surface area (Å²) in [6.07, 6.45) is -4.46. The molecule has 7 heteroatoms. The largest absolute Gasteiger partial charge is 0.416 e. The molecule has 0 amide bonds. The van der Waals surface area contributed by atoms with Crippen LogP contribution >= 0.6 is 11.6 Å². The SMILES string of the molecule is Cc1ccccc1C(=O)c1ccc(Nc2ccc(C(F)(F)F)cc2N)cc1Cl. The van der Waals surface area contributed by atoms with Crippen molar-refractivity contribution in [3.05, 3.63) is 87.9 Å². The van der Waals surface area contributed by atoms with Gasteiger partial charge in [0, 0.05) is 16.8 Å². The lowest BCUT2D eigenvalue weighted by molar-refractivity contribution is -0.137. The number of hydrogen-bond acceptors (Lipinski definition) is 3. The number of anilines is 3. The first-order chi connectivity index (χ1) is 13.2. The molecule has 3 rings (SSSR count). The minimum absolute atomic E-state index is 0.0500. The monoisotopic (exact) mass is 404 g/mol. The summed E-state index contributed by atoms with van der Waals surface area (Å²) in [5, 5.41) is 3.15. The first-order valence-electron chi connectivity index (χ1n) is 8.30. The number of nitrogens with one attached hydrogen (secondary N) is 1. The number of nitrogen functional groups attached to an aromatic ring is 1. The van der Waals surface area contributed by atoms with Crippen molar-refractivity contribution in [2.75, 3.05) is 11.1 Å². The summed E-state index contributed by atoms with van der Waals surface area (Å²) in [6.45, 7) is 1.84. The van der Waals surface area contributed by atoms with Crippen molar-refractivity contribution in [1.29, 1.82) is 0 Å². The number of benzene rings is 3. The van der Waals surface area contributed by atoms with Crippen LogP contribution in [0.1, 0.15) is 27.0 Å². The van der Waals surface area contributed by atoms with Crippen molar-refractivity contribution in [3.8, 4) is 0 Å². The smallest absolute Gasteiger partial charge is 0.397 e. The Morgan fingerprint density at radius 3 is 2.32 bits per heavy atom. The maximum atomic E-state index is 12.7. The van der Waals surface area contributed by atoms with Gasteiger partial charge in [0.25, 0.3) is 0 Å². The van der Waals surface area contributed by atoms with Gasteiger partial charge in [-0.3, -0.25) is 4.79 Å². The average Bonchev–Trinajstić information content (AvgIpc) is 2.62. The van der Waals surface area contributed by atoms with Gasteiger partial charge in [-0.05, 0) is 48.9 Å². The van der Waals surface area contributed by atoms with Crippen molar-refractivity contribution < 1.29 is 18.0 Å². The van der Waals surface area contributed by atoms with Gasteiger partial charge >= 0.3 is 6.18 Å². The van der Waals surface area contributed by atoms with E-state index in [1.165, 1.54) is 12.1 Å². The summed E-state index contributed by atoms with van der Waals surface area (Å²) in [5.41, 5.74) is 7.38. The molecule has 0 aliphatic rings. The van der Waals surface area contributed by atoms with Crippen molar-refractivity contribution in [1.82, 2.24) is 0 Å². The molecule has 144 valence electrons. The standard InChI is InChI=1S/C21H16ClF3N2O/c1-12-4-2-3-5-15(12)20(28)16-8-7-14(11-17(16)22)27-19-9-6-13(10-18(19)26)21(23,24)25/h2-11,27H,26H2,1H3. The minimum atomic E-state index is -4.46. The fourth-order valence-corrected chi connectivity index (χ4v) is 3.02. The van der Waals surface area contributed by atoms with E-state index < -0.39 is 11.7 Å². The molecule has 3 aromatic carbocycles. The van der Waals surface area contributed by atoms with Crippen molar-refractivity contribution in [2.24, 2.45) is 0 Å². The molecule has 3 N–H and O–H groups in total. The van der Waals surface area contributed by atoms with E-state index in [2.05, 4.69) is 5.32 Å². The van der Waals surface area contributed by atoms with Crippen LogP contribution in [0.15, 0.2) is 60.7 Å². The fraction of sp³-hybridized carbons (Fsp3) is 0.0952. The number of nitrogens with two attached hydrogens (primary N) is 1. The van der Waals surface area contributed by atoms with Gasteiger partial charge in [0.2, 0.25) is 0 Å². The Morgan fingerprint density at radius 2 is 1.71 bits per heavy atom. The lowest BCUT2D eigenvalue weighted by Gasteiger charge is -2.14. The highest BCUT2D eigenvalue weighted by Crippen LogP contribution is 2.34. The van der Waals surface area contributed by atoms with Crippen LogP contribution in [0, 0.1) is 6.92 Å². The third kappa shape index (κ3) is 4.12. The van der Waals surface area contributed by atoms with Crippen LogP contribution in [-0.2, 0) is 6.18 Å². The number of carbonyl (C=O) groups excluding carboxylic acids is 1. The van der Waals surface area contributed by atoms with Gasteiger partial charge in [-0.1, -0.05) is 35.9 Å². The Balaban J connectivity index is 1.85. The zero-order valence-corrected chi connectivity index (χ0v) is 15.5. The second kappa shape index (κ2) is 7.56. The van der Waals surface area contributed by atoms with Crippen LogP contribution in [0.2, 0.25) is 5.02 Å². The van der Waals surface area contributed by atoms with Crippen LogP contribution < -0.4 is 11.1 Å². The number of alkyl halides is 3. The van der Waals surface area contributed by atoms with E-state index >= 15 is 0 Å². The molecule has 0 saturated heterocycles. The lowest BCUT2D eigenvalue weighted by atomic mass is 9.99. The van der Waals surface area contributed by atoms with Gasteiger partial charge in [0.1, 0.15) is 0 Å². The number of rotatable bonds is 4. The molecule has 0 spiro atoms. The second-order valence-electron chi connectivity index (χ2n) is 6.26. The van der Waals surface area contributed by atoms with Crippen molar-refractivity contribution in [3.63, 3.8) is 0 Å². The maximum absolute atomic E-state index is 12.7. The quantitative estimate of drug-likeness (QED) is 0.400. The number of carbonyl (C=O) groups is 1. The number of aryl methyl sites for hydroxylation is 1. The second-order valence-corrected chi connectivity index (χ2v) is 6.67. The average molecular weight is 405 g/mol. The third-order valence-electron chi connectivity index (χ3n) is 4.26. The summed E-state index contributed by atoms with van der Waals surface area (Å²) in [4.78, 5) is 12.7. The van der Waals surface area contributed by atoms with Crippen LogP contribution in [0.5, 0.6) is 0 Å².